The first-order valence-corrected chi connectivity index (χ1v) is 5.87. The number of hydrogen-bond acceptors (Lipinski definition) is 4. The Morgan fingerprint density at radius 2 is 2.10 bits per heavy atom. The highest BCUT2D eigenvalue weighted by atomic mass is 16.4. The molecule has 0 saturated heterocycles. The molecule has 20 heavy (non-hydrogen) atoms. The molecular formula is C13H13N3O4. The number of aromatic hydroxyl groups is 1. The van der Waals surface area contributed by atoms with Crippen LogP contribution in [0.1, 0.15) is 16.1 Å². The first-order valence-electron chi connectivity index (χ1n) is 5.87. The summed E-state index contributed by atoms with van der Waals surface area (Å²) in [6, 6.07) is 4.83. The van der Waals surface area contributed by atoms with E-state index in [1.165, 1.54) is 24.7 Å². The van der Waals surface area contributed by atoms with E-state index in [4.69, 9.17) is 5.11 Å². The molecule has 1 amide bonds. The smallest absolute Gasteiger partial charge is 0.326 e. The van der Waals surface area contributed by atoms with Gasteiger partial charge in [0.05, 0.1) is 11.9 Å². The van der Waals surface area contributed by atoms with Gasteiger partial charge >= 0.3 is 5.97 Å². The molecule has 0 aliphatic rings. The number of hydrogen-bond donors (Lipinski definition) is 4. The normalized spacial score (nSPS) is 11.8. The number of carbonyl (C=O) groups excluding carboxylic acids is 1. The number of carbonyl (C=O) groups is 2. The number of para-hydroxylation sites is 1. The summed E-state index contributed by atoms with van der Waals surface area (Å²) in [4.78, 5) is 29.7. The summed E-state index contributed by atoms with van der Waals surface area (Å²) in [5.74, 6) is -2.01. The fraction of sp³-hybridized carbons (Fsp3) is 0.154. The Balaban J connectivity index is 2.10. The predicted octanol–water partition coefficient (Wildman–Crippen LogP) is 0.541. The van der Waals surface area contributed by atoms with Crippen molar-refractivity contribution in [3.05, 3.63) is 48.0 Å². The lowest BCUT2D eigenvalue weighted by Crippen LogP contribution is -2.42. The number of aromatic amines is 1. The highest BCUT2D eigenvalue weighted by molar-refractivity contribution is 5.98. The van der Waals surface area contributed by atoms with E-state index in [0.29, 0.717) is 5.69 Å². The van der Waals surface area contributed by atoms with Crippen LogP contribution in [-0.4, -0.2) is 38.1 Å². The van der Waals surface area contributed by atoms with Gasteiger partial charge in [-0.15, -0.1) is 0 Å². The maximum atomic E-state index is 11.9. The molecule has 0 aliphatic carbocycles. The molecule has 0 fully saturated rings. The van der Waals surface area contributed by atoms with Crippen LogP contribution in [0.4, 0.5) is 0 Å². The number of H-pyrrole nitrogens is 1. The lowest BCUT2D eigenvalue weighted by molar-refractivity contribution is -0.139. The zero-order chi connectivity index (χ0) is 14.5. The molecular weight excluding hydrogens is 262 g/mol. The number of rotatable bonds is 5. The number of aromatic nitrogens is 2. The van der Waals surface area contributed by atoms with Gasteiger partial charge in [-0.05, 0) is 12.1 Å². The lowest BCUT2D eigenvalue weighted by Gasteiger charge is -2.14. The number of nitrogens with zero attached hydrogens (tertiary/aromatic N) is 1. The monoisotopic (exact) mass is 275 g/mol. The van der Waals surface area contributed by atoms with E-state index in [2.05, 4.69) is 15.3 Å². The third-order valence-corrected chi connectivity index (χ3v) is 2.73. The van der Waals surface area contributed by atoms with Gasteiger partial charge in [0.25, 0.3) is 5.91 Å². The van der Waals surface area contributed by atoms with Crippen molar-refractivity contribution in [2.75, 3.05) is 0 Å². The van der Waals surface area contributed by atoms with Crippen LogP contribution in [0.25, 0.3) is 0 Å². The van der Waals surface area contributed by atoms with Gasteiger partial charge in [0.15, 0.2) is 0 Å². The second kappa shape index (κ2) is 5.87. The highest BCUT2D eigenvalue weighted by Gasteiger charge is 2.22. The van der Waals surface area contributed by atoms with Gasteiger partial charge in [-0.2, -0.15) is 0 Å². The van der Waals surface area contributed by atoms with Crippen molar-refractivity contribution in [3.63, 3.8) is 0 Å². The third kappa shape index (κ3) is 3.14. The quantitative estimate of drug-likeness (QED) is 0.635. The largest absolute Gasteiger partial charge is 0.507 e. The van der Waals surface area contributed by atoms with Crippen molar-refractivity contribution >= 4 is 11.9 Å². The molecule has 7 heteroatoms. The van der Waals surface area contributed by atoms with Crippen molar-refractivity contribution in [1.82, 2.24) is 15.3 Å². The summed E-state index contributed by atoms with van der Waals surface area (Å²) < 4.78 is 0. The van der Waals surface area contributed by atoms with Gasteiger partial charge in [-0.1, -0.05) is 12.1 Å². The van der Waals surface area contributed by atoms with Crippen LogP contribution in [0.5, 0.6) is 5.75 Å². The molecule has 0 unspecified atom stereocenters. The molecule has 0 aliphatic heterocycles. The van der Waals surface area contributed by atoms with Crippen molar-refractivity contribution in [2.24, 2.45) is 0 Å². The van der Waals surface area contributed by atoms with Crippen LogP contribution in [0.3, 0.4) is 0 Å². The molecule has 1 aromatic carbocycles. The van der Waals surface area contributed by atoms with Crippen molar-refractivity contribution in [2.45, 2.75) is 12.5 Å². The van der Waals surface area contributed by atoms with Crippen LogP contribution >= 0.6 is 0 Å². The molecule has 2 aromatic rings. The van der Waals surface area contributed by atoms with Crippen LogP contribution < -0.4 is 5.32 Å². The molecule has 0 radical (unpaired) electrons. The van der Waals surface area contributed by atoms with Gasteiger partial charge in [0.1, 0.15) is 11.8 Å². The minimum Gasteiger partial charge on any atom is -0.507 e. The second-order valence-corrected chi connectivity index (χ2v) is 4.16. The van der Waals surface area contributed by atoms with E-state index in [9.17, 15) is 14.7 Å². The Kier molecular flexibility index (Phi) is 3.99. The molecule has 4 N–H and O–H groups in total. The van der Waals surface area contributed by atoms with E-state index < -0.39 is 17.9 Å². The Bertz CT molecular complexity index is 610. The average Bonchev–Trinajstić information content (AvgIpc) is 2.91. The Morgan fingerprint density at radius 1 is 1.35 bits per heavy atom. The number of nitrogens with one attached hydrogen (secondary N) is 2. The Hall–Kier alpha value is -2.83. The molecule has 7 nitrogen and oxygen atoms in total. The van der Waals surface area contributed by atoms with Gasteiger partial charge < -0.3 is 20.5 Å². The zero-order valence-electron chi connectivity index (χ0n) is 10.4. The first-order chi connectivity index (χ1) is 9.58. The number of imidazole rings is 1. The van der Waals surface area contributed by atoms with Crippen LogP contribution in [-0.2, 0) is 11.2 Å². The van der Waals surface area contributed by atoms with Crippen LogP contribution in [0, 0.1) is 0 Å². The first kappa shape index (κ1) is 13.6. The van der Waals surface area contributed by atoms with Gasteiger partial charge in [-0.25, -0.2) is 9.78 Å². The number of phenols is 1. The SMILES string of the molecule is O=C(N[C@@H](Cc1cnc[nH]1)C(=O)O)c1ccccc1O. The van der Waals surface area contributed by atoms with Gasteiger partial charge in [-0.3, -0.25) is 4.79 Å². The third-order valence-electron chi connectivity index (χ3n) is 2.73. The summed E-state index contributed by atoms with van der Waals surface area (Å²) in [6.07, 6.45) is 3.00. The van der Waals surface area contributed by atoms with E-state index in [-0.39, 0.29) is 17.7 Å². The molecule has 0 saturated carbocycles. The minimum atomic E-state index is -1.16. The van der Waals surface area contributed by atoms with E-state index in [1.807, 2.05) is 0 Å². The van der Waals surface area contributed by atoms with E-state index in [0.717, 1.165) is 0 Å². The maximum absolute atomic E-state index is 11.9. The summed E-state index contributed by atoms with van der Waals surface area (Å²) in [6.45, 7) is 0. The van der Waals surface area contributed by atoms with Crippen LogP contribution in [0.15, 0.2) is 36.8 Å². The predicted molar refractivity (Wildman–Crippen MR) is 69.3 cm³/mol. The second-order valence-electron chi connectivity index (χ2n) is 4.16. The number of aliphatic carboxylic acids is 1. The van der Waals surface area contributed by atoms with E-state index in [1.54, 1.807) is 12.1 Å². The molecule has 0 bridgehead atoms. The number of carboxylic acid groups (broad SMARTS) is 1. The molecule has 0 spiro atoms. The molecule has 2 rings (SSSR count). The molecule has 104 valence electrons. The molecule has 1 aromatic heterocycles. The summed E-state index contributed by atoms with van der Waals surface area (Å²) >= 11 is 0. The number of benzene rings is 1. The van der Waals surface area contributed by atoms with E-state index >= 15 is 0 Å². The zero-order valence-corrected chi connectivity index (χ0v) is 10.4. The van der Waals surface area contributed by atoms with Crippen LogP contribution in [0.2, 0.25) is 0 Å². The summed E-state index contributed by atoms with van der Waals surface area (Å²) in [5.41, 5.74) is 0.623. The van der Waals surface area contributed by atoms with Crippen molar-refractivity contribution in [3.8, 4) is 5.75 Å². The fourth-order valence-corrected chi connectivity index (χ4v) is 1.72. The average molecular weight is 275 g/mol. The Labute approximate surface area is 114 Å². The topological polar surface area (TPSA) is 115 Å². The maximum Gasteiger partial charge on any atom is 0.326 e. The molecule has 1 heterocycles. The number of phenolic OH excluding ortho intramolecular Hbond substituents is 1. The summed E-state index contributed by atoms with van der Waals surface area (Å²) in [7, 11) is 0. The number of carboxylic acids is 1. The fourth-order valence-electron chi connectivity index (χ4n) is 1.72. The minimum absolute atomic E-state index is 0.0309. The van der Waals surface area contributed by atoms with Gasteiger partial charge in [0.2, 0.25) is 0 Å². The Morgan fingerprint density at radius 3 is 2.70 bits per heavy atom. The summed E-state index contributed by atoms with van der Waals surface area (Å²) in [5, 5.41) is 21.1. The van der Waals surface area contributed by atoms with Crippen molar-refractivity contribution in [1.29, 1.82) is 0 Å². The number of amides is 1. The lowest BCUT2D eigenvalue weighted by atomic mass is 10.1. The molecule has 1 atom stereocenters. The highest BCUT2D eigenvalue weighted by Crippen LogP contribution is 2.15. The standard InChI is InChI=1S/C13H13N3O4/c17-11-4-2-1-3-9(11)12(18)16-10(13(19)20)5-8-6-14-7-15-8/h1-4,6-7,10,17H,5H2,(H,14,15)(H,16,18)(H,19,20)/t10-/m0/s1. The van der Waals surface area contributed by atoms with Crippen molar-refractivity contribution < 1.29 is 19.8 Å². The van der Waals surface area contributed by atoms with Gasteiger partial charge in [0, 0.05) is 18.3 Å².